The molecule has 0 rings (SSSR count). The Morgan fingerprint density at radius 2 is 0.716 bits per heavy atom. The first-order valence-corrected chi connectivity index (χ1v) is 32.7. The van der Waals surface area contributed by atoms with Crippen molar-refractivity contribution in [2.24, 2.45) is 0 Å². The molecule has 0 aromatic carbocycles. The van der Waals surface area contributed by atoms with E-state index >= 15 is 0 Å². The van der Waals surface area contributed by atoms with Crippen LogP contribution in [0.3, 0.4) is 0 Å². The Bertz CT molecular complexity index is 1740. The Hall–Kier alpha value is -4.31. The van der Waals surface area contributed by atoms with Crippen molar-refractivity contribution in [3.05, 3.63) is 122 Å². The third-order valence-electron chi connectivity index (χ3n) is 13.7. The molecule has 2 unspecified atom stereocenters. The average Bonchev–Trinajstić information content (AvgIpc) is 3.44. The molecule has 2 atom stereocenters. The predicted molar refractivity (Wildman–Crippen MR) is 343 cm³/mol. The molecule has 0 fully saturated rings. The molecule has 0 saturated heterocycles. The quantitative estimate of drug-likeness (QED) is 0.0195. The average molecular weight is 1130 g/mol. The van der Waals surface area contributed by atoms with Gasteiger partial charge in [0, 0.05) is 12.8 Å². The van der Waals surface area contributed by atoms with Crippen LogP contribution in [0.5, 0.6) is 0 Å². The van der Waals surface area contributed by atoms with Crippen LogP contribution in [0.25, 0.3) is 0 Å². The first kappa shape index (κ1) is 76.7. The van der Waals surface area contributed by atoms with Crippen molar-refractivity contribution in [2.75, 3.05) is 47.5 Å². The van der Waals surface area contributed by atoms with Crippen molar-refractivity contribution in [3.8, 4) is 0 Å². The summed E-state index contributed by atoms with van der Waals surface area (Å²) < 4.78 is 22.7. The summed E-state index contributed by atoms with van der Waals surface area (Å²) in [6.07, 6.45) is 84.2. The van der Waals surface area contributed by atoms with Gasteiger partial charge in [0.2, 0.25) is 0 Å². The molecule has 0 bridgehead atoms. The zero-order chi connectivity index (χ0) is 59.1. The highest BCUT2D eigenvalue weighted by atomic mass is 16.7. The van der Waals surface area contributed by atoms with Gasteiger partial charge in [0.05, 0.1) is 40.3 Å². The topological polar surface area (TPSA) is 111 Å². The normalized spacial score (nSPS) is 13.5. The summed E-state index contributed by atoms with van der Waals surface area (Å²) in [5.74, 6) is -2.37. The van der Waals surface area contributed by atoms with Crippen molar-refractivity contribution in [3.63, 3.8) is 0 Å². The molecule has 0 aromatic rings. The lowest BCUT2D eigenvalue weighted by Crippen LogP contribution is -2.44. The smallest absolute Gasteiger partial charge is 0.306 e. The molecule has 9 heteroatoms. The SMILES string of the molecule is CC/C=C\C/C=C\C/C=C\C/C=C\C/C=C\C/C=C\C/C=C\CCCC(=O)OC(COC(=O)CCCCCCCCCCCCCCCCCCCC/C=C\C/C=C\C/C=C\CCCCCCC)COC(OCC[N+](C)(C)C)C(=O)[O-]. The fraction of sp³-hybridized carbons (Fsp3) is 0.681. The van der Waals surface area contributed by atoms with Crippen LogP contribution in [-0.4, -0.2) is 82.3 Å². The van der Waals surface area contributed by atoms with E-state index in [1.165, 1.54) is 141 Å². The Labute approximate surface area is 497 Å². The Morgan fingerprint density at radius 3 is 1.09 bits per heavy atom. The summed E-state index contributed by atoms with van der Waals surface area (Å²) >= 11 is 0. The summed E-state index contributed by atoms with van der Waals surface area (Å²) in [6, 6.07) is 0. The summed E-state index contributed by atoms with van der Waals surface area (Å²) in [4.78, 5) is 37.4. The maximum Gasteiger partial charge on any atom is 0.306 e. The number of hydrogen-bond donors (Lipinski definition) is 0. The van der Waals surface area contributed by atoms with E-state index in [0.717, 1.165) is 77.0 Å². The van der Waals surface area contributed by atoms with Gasteiger partial charge >= 0.3 is 11.9 Å². The summed E-state index contributed by atoms with van der Waals surface area (Å²) in [5, 5.41) is 11.8. The number of hydrogen-bond acceptors (Lipinski definition) is 8. The number of ether oxygens (including phenoxy) is 4. The van der Waals surface area contributed by atoms with E-state index in [4.69, 9.17) is 18.9 Å². The second-order valence-corrected chi connectivity index (χ2v) is 22.7. The van der Waals surface area contributed by atoms with Crippen LogP contribution in [0.1, 0.15) is 258 Å². The molecule has 462 valence electrons. The highest BCUT2D eigenvalue weighted by molar-refractivity contribution is 5.70. The molecule has 81 heavy (non-hydrogen) atoms. The number of likely N-dealkylation sites (N-methyl/N-ethyl adjacent to an activating group) is 1. The molecule has 9 nitrogen and oxygen atoms in total. The lowest BCUT2D eigenvalue weighted by molar-refractivity contribution is -0.870. The van der Waals surface area contributed by atoms with Crippen LogP contribution < -0.4 is 5.11 Å². The highest BCUT2D eigenvalue weighted by Crippen LogP contribution is 2.16. The molecule has 0 aliphatic heterocycles. The fourth-order valence-corrected chi connectivity index (χ4v) is 8.71. The van der Waals surface area contributed by atoms with Crippen molar-refractivity contribution in [1.29, 1.82) is 0 Å². The lowest BCUT2D eigenvalue weighted by atomic mass is 10.0. The van der Waals surface area contributed by atoms with Gasteiger partial charge in [-0.1, -0.05) is 264 Å². The summed E-state index contributed by atoms with van der Waals surface area (Å²) in [6.45, 7) is 4.56. The number of nitrogens with zero attached hydrogens (tertiary/aromatic N) is 1. The number of aliphatic carboxylic acids is 1. The van der Waals surface area contributed by atoms with E-state index in [1.807, 2.05) is 21.1 Å². The van der Waals surface area contributed by atoms with E-state index < -0.39 is 24.3 Å². The van der Waals surface area contributed by atoms with Gasteiger partial charge in [0.1, 0.15) is 13.2 Å². The minimum Gasteiger partial charge on any atom is -0.545 e. The molecular weight excluding hydrogens is 1010 g/mol. The first-order chi connectivity index (χ1) is 39.6. The van der Waals surface area contributed by atoms with Crippen molar-refractivity contribution in [1.82, 2.24) is 0 Å². The number of carbonyl (C=O) groups excluding carboxylic acids is 3. The Morgan fingerprint density at radius 1 is 0.383 bits per heavy atom. The number of quaternary nitrogens is 1. The fourth-order valence-electron chi connectivity index (χ4n) is 8.71. The molecule has 0 aromatic heterocycles. The molecule has 0 aliphatic carbocycles. The number of carboxylic acids is 1. The van der Waals surface area contributed by atoms with Gasteiger partial charge in [-0.25, -0.2) is 0 Å². The van der Waals surface area contributed by atoms with E-state index in [0.29, 0.717) is 23.9 Å². The monoisotopic (exact) mass is 1130 g/mol. The summed E-state index contributed by atoms with van der Waals surface area (Å²) in [5.41, 5.74) is 0. The van der Waals surface area contributed by atoms with Crippen LogP contribution in [0.15, 0.2) is 122 Å². The Balaban J connectivity index is 4.21. The molecule has 0 heterocycles. The number of carboxylic acid groups (broad SMARTS) is 1. The number of allylic oxidation sites excluding steroid dienone is 20. The van der Waals surface area contributed by atoms with Crippen LogP contribution in [0.4, 0.5) is 0 Å². The molecule has 0 saturated carbocycles. The van der Waals surface area contributed by atoms with Crippen LogP contribution in [0, 0.1) is 0 Å². The van der Waals surface area contributed by atoms with Crippen molar-refractivity contribution < 1.29 is 42.9 Å². The maximum absolute atomic E-state index is 12.9. The minimum atomic E-state index is -1.64. The van der Waals surface area contributed by atoms with Gasteiger partial charge in [-0.2, -0.15) is 0 Å². The van der Waals surface area contributed by atoms with Crippen LogP contribution in [-0.2, 0) is 33.3 Å². The molecule has 0 spiro atoms. The second-order valence-electron chi connectivity index (χ2n) is 22.7. The lowest BCUT2D eigenvalue weighted by Gasteiger charge is -2.26. The zero-order valence-corrected chi connectivity index (χ0v) is 52.6. The predicted octanol–water partition coefficient (Wildman–Crippen LogP) is 18.7. The van der Waals surface area contributed by atoms with Gasteiger partial charge in [-0.15, -0.1) is 0 Å². The van der Waals surface area contributed by atoms with Crippen LogP contribution in [0.2, 0.25) is 0 Å². The van der Waals surface area contributed by atoms with E-state index in [1.54, 1.807) is 0 Å². The summed E-state index contributed by atoms with van der Waals surface area (Å²) in [7, 11) is 5.90. The van der Waals surface area contributed by atoms with Crippen molar-refractivity contribution >= 4 is 17.9 Å². The van der Waals surface area contributed by atoms with E-state index in [2.05, 4.69) is 135 Å². The van der Waals surface area contributed by atoms with Gasteiger partial charge in [0.15, 0.2) is 12.4 Å². The van der Waals surface area contributed by atoms with E-state index in [-0.39, 0.29) is 38.6 Å². The third kappa shape index (κ3) is 63.1. The largest absolute Gasteiger partial charge is 0.545 e. The molecular formula is C72H121NO8. The molecule has 0 radical (unpaired) electrons. The van der Waals surface area contributed by atoms with Crippen molar-refractivity contribution in [2.45, 2.75) is 270 Å². The minimum absolute atomic E-state index is 0.131. The zero-order valence-electron chi connectivity index (χ0n) is 52.6. The van der Waals surface area contributed by atoms with Gasteiger partial charge < -0.3 is 33.3 Å². The first-order valence-electron chi connectivity index (χ1n) is 32.7. The van der Waals surface area contributed by atoms with Gasteiger partial charge in [0.25, 0.3) is 0 Å². The Kier molecular flexibility index (Phi) is 58.5. The number of carbonyl (C=O) groups is 3. The molecule has 0 N–H and O–H groups in total. The second kappa shape index (κ2) is 61.8. The van der Waals surface area contributed by atoms with E-state index in [9.17, 15) is 19.5 Å². The third-order valence-corrected chi connectivity index (χ3v) is 13.7. The van der Waals surface area contributed by atoms with Gasteiger partial charge in [-0.05, 0) is 103 Å². The van der Waals surface area contributed by atoms with Gasteiger partial charge in [-0.3, -0.25) is 9.59 Å². The number of unbranched alkanes of at least 4 members (excludes halogenated alkanes) is 24. The standard InChI is InChI=1S/C72H121NO8/c1-6-8-10-12-14-16-18-20-22-24-26-28-30-31-32-33-34-35-36-37-38-39-41-42-44-46-48-50-52-54-56-58-60-62-69(74)79-66-68(67-80-72(71(76)77)78-65-64-73(3,4)5)81-70(75)63-61-59-57-55-53-51-49-47-45-43-40-29-27-25-23-21-19-17-15-13-11-9-7-2/h9,11,15,17-18,20-21,23-24,26-27,29-31,43,45,49,51,55,57,68,72H,6-8,10,12-14,16,19,22,25,28,32-42,44,46-48,50,52-54,56,58-67H2,1-5H3/b11-9-,17-15-,20-18-,23-21-,26-24-,29-27-,31-30-,45-43-,51-49-,57-55-. The maximum atomic E-state index is 12.9. The molecule has 0 aliphatic rings. The number of rotatable bonds is 59. The molecule has 0 amide bonds. The highest BCUT2D eigenvalue weighted by Gasteiger charge is 2.22. The van der Waals surface area contributed by atoms with Crippen LogP contribution >= 0.6 is 0 Å². The number of esters is 2.